The van der Waals surface area contributed by atoms with Crippen molar-refractivity contribution in [2.24, 2.45) is 0 Å². The summed E-state index contributed by atoms with van der Waals surface area (Å²) in [6, 6.07) is 8.74. The predicted octanol–water partition coefficient (Wildman–Crippen LogP) is 4.99. The van der Waals surface area contributed by atoms with Crippen LogP contribution in [0.2, 0.25) is 10.0 Å². The van der Waals surface area contributed by atoms with E-state index in [2.05, 4.69) is 0 Å². The van der Waals surface area contributed by atoms with Crippen LogP contribution in [0.3, 0.4) is 0 Å². The molecule has 0 amide bonds. The second-order valence-corrected chi connectivity index (χ2v) is 4.71. The number of ether oxygens (including phenoxy) is 1. The van der Waals surface area contributed by atoms with Crippen molar-refractivity contribution in [3.05, 3.63) is 69.2 Å². The number of hydrogen-bond donors (Lipinski definition) is 0. The fourth-order valence-corrected chi connectivity index (χ4v) is 2.03. The van der Waals surface area contributed by atoms with E-state index in [0.717, 1.165) is 0 Å². The lowest BCUT2D eigenvalue weighted by Gasteiger charge is -2.09. The highest BCUT2D eigenvalue weighted by Crippen LogP contribution is 2.23. The first-order chi connectivity index (χ1) is 9.09. The molecule has 1 nitrogen and oxygen atoms in total. The zero-order chi connectivity index (χ0) is 13.8. The molecule has 0 atom stereocenters. The molecule has 19 heavy (non-hydrogen) atoms. The van der Waals surface area contributed by atoms with Gasteiger partial charge in [0.15, 0.2) is 0 Å². The highest BCUT2D eigenvalue weighted by Gasteiger charge is 2.10. The van der Waals surface area contributed by atoms with Gasteiger partial charge >= 0.3 is 0 Å². The quantitative estimate of drug-likeness (QED) is 0.773. The molecule has 0 radical (unpaired) electrons. The minimum absolute atomic E-state index is 0.0455. The average Bonchev–Trinajstić information content (AvgIpc) is 2.36. The van der Waals surface area contributed by atoms with Gasteiger partial charge in [0, 0.05) is 21.2 Å². The fourth-order valence-electron chi connectivity index (χ4n) is 1.60. The van der Waals surface area contributed by atoms with Gasteiger partial charge in [0.25, 0.3) is 0 Å². The number of rotatable bonds is 4. The van der Waals surface area contributed by atoms with Crippen LogP contribution in [0.15, 0.2) is 36.4 Å². The third-order valence-corrected chi connectivity index (χ3v) is 3.32. The Morgan fingerprint density at radius 1 is 0.789 bits per heavy atom. The molecule has 0 saturated carbocycles. The van der Waals surface area contributed by atoms with Gasteiger partial charge in [0.1, 0.15) is 11.6 Å². The lowest BCUT2D eigenvalue weighted by molar-refractivity contribution is 0.103. The molecule has 2 aromatic rings. The molecule has 0 aromatic heterocycles. The largest absolute Gasteiger partial charge is 0.372 e. The van der Waals surface area contributed by atoms with Crippen molar-refractivity contribution >= 4 is 23.2 Å². The molecule has 0 fully saturated rings. The Morgan fingerprint density at radius 3 is 1.58 bits per heavy atom. The summed E-state index contributed by atoms with van der Waals surface area (Å²) in [5.74, 6) is -0.903. The smallest absolute Gasteiger partial charge is 0.130 e. The van der Waals surface area contributed by atoms with Crippen molar-refractivity contribution in [1.82, 2.24) is 0 Å². The van der Waals surface area contributed by atoms with Crippen LogP contribution in [0.25, 0.3) is 0 Å². The van der Waals surface area contributed by atoms with E-state index in [-0.39, 0.29) is 34.4 Å². The second-order valence-electron chi connectivity index (χ2n) is 3.89. The molecule has 0 aliphatic carbocycles. The van der Waals surface area contributed by atoms with Gasteiger partial charge in [-0.25, -0.2) is 8.78 Å². The normalized spacial score (nSPS) is 10.7. The van der Waals surface area contributed by atoms with Gasteiger partial charge in [-0.15, -0.1) is 0 Å². The fraction of sp³-hybridized carbons (Fsp3) is 0.143. The van der Waals surface area contributed by atoms with E-state index in [0.29, 0.717) is 0 Å². The predicted molar refractivity (Wildman–Crippen MR) is 71.3 cm³/mol. The summed E-state index contributed by atoms with van der Waals surface area (Å²) in [5, 5.41) is 0.555. The van der Waals surface area contributed by atoms with Crippen molar-refractivity contribution in [3.63, 3.8) is 0 Å². The van der Waals surface area contributed by atoms with E-state index in [1.54, 1.807) is 12.1 Å². The van der Waals surface area contributed by atoms with Crippen LogP contribution in [0.5, 0.6) is 0 Å². The lowest BCUT2D eigenvalue weighted by Crippen LogP contribution is -2.00. The summed E-state index contributed by atoms with van der Waals surface area (Å²) in [6.45, 7) is -0.0909. The Hall–Kier alpha value is -1.16. The van der Waals surface area contributed by atoms with E-state index >= 15 is 0 Å². The standard InChI is InChI=1S/C14H10Cl2F2O/c15-11-3-1-5-13(17)9(11)7-19-8-10-12(16)4-2-6-14(10)18/h1-6H,7-8H2. The van der Waals surface area contributed by atoms with E-state index in [1.165, 1.54) is 24.3 Å². The minimum atomic E-state index is -0.452. The van der Waals surface area contributed by atoms with Crippen LogP contribution >= 0.6 is 23.2 Å². The molecule has 100 valence electrons. The Kier molecular flexibility index (Phi) is 4.75. The minimum Gasteiger partial charge on any atom is -0.372 e. The molecule has 0 unspecified atom stereocenters. The zero-order valence-electron chi connectivity index (χ0n) is 9.80. The van der Waals surface area contributed by atoms with Gasteiger partial charge in [-0.2, -0.15) is 0 Å². The maximum atomic E-state index is 13.5. The van der Waals surface area contributed by atoms with Crippen LogP contribution in [0, 0.1) is 11.6 Å². The van der Waals surface area contributed by atoms with Gasteiger partial charge in [-0.3, -0.25) is 0 Å². The molecular weight excluding hydrogens is 293 g/mol. The van der Waals surface area contributed by atoms with Gasteiger partial charge in [-0.05, 0) is 24.3 Å². The third kappa shape index (κ3) is 3.44. The summed E-state index contributed by atoms with van der Waals surface area (Å²) in [7, 11) is 0. The average molecular weight is 303 g/mol. The van der Waals surface area contributed by atoms with Crippen molar-refractivity contribution < 1.29 is 13.5 Å². The molecule has 0 saturated heterocycles. The van der Waals surface area contributed by atoms with Gasteiger partial charge in [-0.1, -0.05) is 35.3 Å². The van der Waals surface area contributed by atoms with Crippen LogP contribution in [0.1, 0.15) is 11.1 Å². The summed E-state index contributed by atoms with van der Waals surface area (Å²) >= 11 is 11.7. The monoisotopic (exact) mass is 302 g/mol. The van der Waals surface area contributed by atoms with Crippen molar-refractivity contribution in [2.45, 2.75) is 13.2 Å². The summed E-state index contributed by atoms with van der Waals surface area (Å²) < 4.78 is 32.2. The molecule has 0 aliphatic rings. The molecule has 0 bridgehead atoms. The molecule has 0 aliphatic heterocycles. The Labute approximate surface area is 119 Å². The summed E-state index contributed by atoms with van der Waals surface area (Å²) in [5.41, 5.74) is 0.494. The first-order valence-corrected chi connectivity index (χ1v) is 6.28. The lowest BCUT2D eigenvalue weighted by atomic mass is 10.2. The second kappa shape index (κ2) is 6.33. The van der Waals surface area contributed by atoms with Crippen LogP contribution < -0.4 is 0 Å². The highest BCUT2D eigenvalue weighted by atomic mass is 35.5. The summed E-state index contributed by atoms with van der Waals surface area (Å²) in [6.07, 6.45) is 0. The molecule has 0 spiro atoms. The first kappa shape index (κ1) is 14.3. The first-order valence-electron chi connectivity index (χ1n) is 5.53. The Morgan fingerprint density at radius 2 is 1.21 bits per heavy atom. The molecular formula is C14H10Cl2F2O. The number of benzene rings is 2. The Bertz CT molecular complexity index is 496. The molecule has 2 aromatic carbocycles. The van der Waals surface area contributed by atoms with Crippen LogP contribution in [-0.2, 0) is 18.0 Å². The molecule has 0 heterocycles. The van der Waals surface area contributed by atoms with Crippen molar-refractivity contribution in [2.75, 3.05) is 0 Å². The SMILES string of the molecule is Fc1cccc(Cl)c1COCc1c(F)cccc1Cl. The number of hydrogen-bond acceptors (Lipinski definition) is 1. The zero-order valence-corrected chi connectivity index (χ0v) is 11.3. The van der Waals surface area contributed by atoms with Gasteiger partial charge < -0.3 is 4.74 Å². The van der Waals surface area contributed by atoms with Crippen LogP contribution in [0.4, 0.5) is 8.78 Å². The summed E-state index contributed by atoms with van der Waals surface area (Å²) in [4.78, 5) is 0. The molecule has 2 rings (SSSR count). The highest BCUT2D eigenvalue weighted by molar-refractivity contribution is 6.31. The van der Waals surface area contributed by atoms with Gasteiger partial charge in [0.05, 0.1) is 13.2 Å². The van der Waals surface area contributed by atoms with E-state index in [9.17, 15) is 8.78 Å². The molecule has 0 N–H and O–H groups in total. The van der Waals surface area contributed by atoms with E-state index in [1.807, 2.05) is 0 Å². The van der Waals surface area contributed by atoms with E-state index < -0.39 is 11.6 Å². The molecule has 5 heteroatoms. The van der Waals surface area contributed by atoms with Crippen molar-refractivity contribution in [1.29, 1.82) is 0 Å². The Balaban J connectivity index is 2.05. The maximum absolute atomic E-state index is 13.5. The number of halogens is 4. The van der Waals surface area contributed by atoms with Crippen LogP contribution in [-0.4, -0.2) is 0 Å². The van der Waals surface area contributed by atoms with Crippen molar-refractivity contribution in [3.8, 4) is 0 Å². The van der Waals surface area contributed by atoms with E-state index in [4.69, 9.17) is 27.9 Å². The topological polar surface area (TPSA) is 9.23 Å². The maximum Gasteiger partial charge on any atom is 0.130 e. The van der Waals surface area contributed by atoms with Gasteiger partial charge in [0.2, 0.25) is 0 Å². The third-order valence-electron chi connectivity index (χ3n) is 2.62.